The van der Waals surface area contributed by atoms with Gasteiger partial charge in [-0.1, -0.05) is 30.3 Å². The Kier molecular flexibility index (Phi) is 3.73. The van der Waals surface area contributed by atoms with Crippen LogP contribution < -0.4 is 11.1 Å². The van der Waals surface area contributed by atoms with E-state index in [0.29, 0.717) is 12.2 Å². The average Bonchev–Trinajstić information content (AvgIpc) is 3.34. The van der Waals surface area contributed by atoms with Crippen molar-refractivity contribution in [2.24, 2.45) is 5.73 Å². The van der Waals surface area contributed by atoms with Crippen molar-refractivity contribution in [3.8, 4) is 0 Å². The third-order valence-electron chi connectivity index (χ3n) is 4.34. The highest BCUT2D eigenvalue weighted by molar-refractivity contribution is 5.94. The number of primary amides is 1. The number of rotatable bonds is 6. The van der Waals surface area contributed by atoms with Gasteiger partial charge < -0.3 is 11.1 Å². The second kappa shape index (κ2) is 5.72. The van der Waals surface area contributed by atoms with Gasteiger partial charge in [0.05, 0.1) is 4.92 Å². The molecule has 1 aliphatic carbocycles. The average molecular weight is 311 g/mol. The molecule has 0 aromatic heterocycles. The molecule has 2 aromatic rings. The number of anilines is 1. The normalized spacial score (nSPS) is 15.0. The first-order valence-electron chi connectivity index (χ1n) is 7.39. The number of carbonyl (C=O) groups excluding carboxylic acids is 1. The number of nitrogens with one attached hydrogen (secondary N) is 1. The lowest BCUT2D eigenvalue weighted by molar-refractivity contribution is -0.384. The Labute approximate surface area is 133 Å². The maximum Gasteiger partial charge on any atom is 0.293 e. The maximum atomic E-state index is 11.2. The van der Waals surface area contributed by atoms with Crippen molar-refractivity contribution >= 4 is 17.3 Å². The zero-order valence-corrected chi connectivity index (χ0v) is 12.5. The Morgan fingerprint density at radius 2 is 1.91 bits per heavy atom. The van der Waals surface area contributed by atoms with Crippen LogP contribution in [0, 0.1) is 10.1 Å². The van der Waals surface area contributed by atoms with Gasteiger partial charge in [-0.05, 0) is 30.5 Å². The molecule has 1 amide bonds. The Bertz CT molecular complexity index is 755. The van der Waals surface area contributed by atoms with Crippen LogP contribution in [-0.4, -0.2) is 17.4 Å². The van der Waals surface area contributed by atoms with E-state index in [9.17, 15) is 14.9 Å². The number of nitro groups is 1. The summed E-state index contributed by atoms with van der Waals surface area (Å²) >= 11 is 0. The maximum absolute atomic E-state index is 11.2. The minimum absolute atomic E-state index is 0.0392. The van der Waals surface area contributed by atoms with Crippen molar-refractivity contribution in [3.63, 3.8) is 0 Å². The molecule has 6 heteroatoms. The van der Waals surface area contributed by atoms with Crippen LogP contribution in [0.25, 0.3) is 0 Å². The summed E-state index contributed by atoms with van der Waals surface area (Å²) < 4.78 is 0. The number of hydrogen-bond acceptors (Lipinski definition) is 4. The van der Waals surface area contributed by atoms with E-state index in [1.54, 1.807) is 6.07 Å². The first-order valence-corrected chi connectivity index (χ1v) is 7.39. The number of amides is 1. The van der Waals surface area contributed by atoms with Crippen LogP contribution in [0.3, 0.4) is 0 Å². The van der Waals surface area contributed by atoms with E-state index in [2.05, 4.69) is 17.4 Å². The minimum Gasteiger partial charge on any atom is -0.379 e. The third kappa shape index (κ3) is 3.01. The molecule has 1 saturated carbocycles. The van der Waals surface area contributed by atoms with Crippen molar-refractivity contribution < 1.29 is 9.72 Å². The number of carbonyl (C=O) groups is 1. The van der Waals surface area contributed by atoms with E-state index in [1.807, 2.05) is 18.2 Å². The van der Waals surface area contributed by atoms with Crippen molar-refractivity contribution in [2.75, 3.05) is 11.9 Å². The van der Waals surface area contributed by atoms with Gasteiger partial charge in [0, 0.05) is 23.6 Å². The van der Waals surface area contributed by atoms with Crippen LogP contribution in [-0.2, 0) is 5.41 Å². The van der Waals surface area contributed by atoms with Crippen LogP contribution in [0.5, 0.6) is 0 Å². The van der Waals surface area contributed by atoms with Gasteiger partial charge >= 0.3 is 0 Å². The molecule has 1 aliphatic rings. The lowest BCUT2D eigenvalue weighted by Crippen LogP contribution is -2.20. The molecule has 0 radical (unpaired) electrons. The molecule has 0 unspecified atom stereocenters. The Morgan fingerprint density at radius 1 is 1.22 bits per heavy atom. The third-order valence-corrected chi connectivity index (χ3v) is 4.34. The van der Waals surface area contributed by atoms with Crippen molar-refractivity contribution in [1.29, 1.82) is 0 Å². The fraction of sp³-hybridized carbons (Fsp3) is 0.235. The molecule has 6 nitrogen and oxygen atoms in total. The molecule has 0 atom stereocenters. The highest BCUT2D eigenvalue weighted by atomic mass is 16.6. The zero-order valence-electron chi connectivity index (χ0n) is 12.5. The molecule has 23 heavy (non-hydrogen) atoms. The minimum atomic E-state index is -0.678. The van der Waals surface area contributed by atoms with Crippen LogP contribution in [0.15, 0.2) is 48.5 Å². The molecule has 0 spiro atoms. The van der Waals surface area contributed by atoms with E-state index in [-0.39, 0.29) is 16.7 Å². The van der Waals surface area contributed by atoms with E-state index in [4.69, 9.17) is 5.73 Å². The molecule has 1 fully saturated rings. The SMILES string of the molecule is NC(=O)c1ccc(NCC2(c3ccccc3)CC2)c([N+](=O)[O-])c1. The van der Waals surface area contributed by atoms with Crippen molar-refractivity contribution in [2.45, 2.75) is 18.3 Å². The monoisotopic (exact) mass is 311 g/mol. The van der Waals surface area contributed by atoms with Crippen LogP contribution in [0.4, 0.5) is 11.4 Å². The number of nitrogens with two attached hydrogens (primary N) is 1. The first-order chi connectivity index (χ1) is 11.0. The summed E-state index contributed by atoms with van der Waals surface area (Å²) in [6.45, 7) is 0.619. The van der Waals surface area contributed by atoms with Gasteiger partial charge in [-0.2, -0.15) is 0 Å². The summed E-state index contributed by atoms with van der Waals surface area (Å²) in [5, 5.41) is 14.4. The summed E-state index contributed by atoms with van der Waals surface area (Å²) in [5.74, 6) is -0.678. The molecular weight excluding hydrogens is 294 g/mol. The predicted molar refractivity (Wildman–Crippen MR) is 87.5 cm³/mol. The summed E-state index contributed by atoms with van der Waals surface area (Å²) in [5.41, 5.74) is 6.86. The van der Waals surface area contributed by atoms with E-state index in [1.165, 1.54) is 17.7 Å². The van der Waals surface area contributed by atoms with Crippen LogP contribution in [0.2, 0.25) is 0 Å². The largest absolute Gasteiger partial charge is 0.379 e. The van der Waals surface area contributed by atoms with Crippen LogP contribution in [0.1, 0.15) is 28.8 Å². The van der Waals surface area contributed by atoms with Gasteiger partial charge in [-0.15, -0.1) is 0 Å². The fourth-order valence-corrected chi connectivity index (χ4v) is 2.76. The van der Waals surface area contributed by atoms with E-state index in [0.717, 1.165) is 12.8 Å². The number of hydrogen-bond donors (Lipinski definition) is 2. The Hall–Kier alpha value is -2.89. The van der Waals surface area contributed by atoms with Crippen LogP contribution >= 0.6 is 0 Å². The number of benzene rings is 2. The Balaban J connectivity index is 1.81. The molecule has 3 rings (SSSR count). The second-order valence-electron chi connectivity index (χ2n) is 5.85. The highest BCUT2D eigenvalue weighted by Crippen LogP contribution is 2.48. The lowest BCUT2D eigenvalue weighted by atomic mass is 9.96. The van der Waals surface area contributed by atoms with Crippen molar-refractivity contribution in [1.82, 2.24) is 0 Å². The topological polar surface area (TPSA) is 98.3 Å². The molecule has 2 aromatic carbocycles. The predicted octanol–water partition coefficient (Wildman–Crippen LogP) is 2.84. The summed E-state index contributed by atoms with van der Waals surface area (Å²) in [4.78, 5) is 21.9. The molecular formula is C17H17N3O3. The number of nitro benzene ring substituents is 1. The molecule has 118 valence electrons. The Morgan fingerprint density at radius 3 is 2.48 bits per heavy atom. The molecule has 0 saturated heterocycles. The second-order valence-corrected chi connectivity index (χ2v) is 5.85. The quantitative estimate of drug-likeness (QED) is 0.633. The van der Waals surface area contributed by atoms with E-state index >= 15 is 0 Å². The van der Waals surface area contributed by atoms with Gasteiger partial charge in [-0.3, -0.25) is 14.9 Å². The summed E-state index contributed by atoms with van der Waals surface area (Å²) in [7, 11) is 0. The van der Waals surface area contributed by atoms with E-state index < -0.39 is 10.8 Å². The van der Waals surface area contributed by atoms with Gasteiger partial charge in [0.25, 0.3) is 5.69 Å². The first kappa shape index (κ1) is 15.0. The highest BCUT2D eigenvalue weighted by Gasteiger charge is 2.44. The standard InChI is InChI=1S/C17H17N3O3/c18-16(21)12-6-7-14(15(10-12)20(22)23)19-11-17(8-9-17)13-4-2-1-3-5-13/h1-7,10,19H,8-9,11H2,(H2,18,21). The van der Waals surface area contributed by atoms with Crippen molar-refractivity contribution in [3.05, 3.63) is 69.8 Å². The smallest absolute Gasteiger partial charge is 0.293 e. The molecule has 0 aliphatic heterocycles. The number of nitrogens with zero attached hydrogens (tertiary/aromatic N) is 1. The van der Waals surface area contributed by atoms with Gasteiger partial charge in [0.15, 0.2) is 0 Å². The summed E-state index contributed by atoms with van der Waals surface area (Å²) in [6.07, 6.45) is 2.11. The fourth-order valence-electron chi connectivity index (χ4n) is 2.76. The van der Waals surface area contributed by atoms with Gasteiger partial charge in [0.2, 0.25) is 5.91 Å². The molecule has 0 heterocycles. The summed E-state index contributed by atoms with van der Waals surface area (Å²) in [6, 6.07) is 14.4. The lowest BCUT2D eigenvalue weighted by Gasteiger charge is -2.17. The zero-order chi connectivity index (χ0) is 16.4. The van der Waals surface area contributed by atoms with Gasteiger partial charge in [-0.25, -0.2) is 0 Å². The molecule has 0 bridgehead atoms. The molecule has 3 N–H and O–H groups in total. The van der Waals surface area contributed by atoms with Gasteiger partial charge in [0.1, 0.15) is 5.69 Å².